The monoisotopic (exact) mass is 325 g/mol. The first-order valence-electron chi connectivity index (χ1n) is 8.12. The van der Waals surface area contributed by atoms with Gasteiger partial charge >= 0.3 is 0 Å². The third-order valence-electron chi connectivity index (χ3n) is 3.98. The van der Waals surface area contributed by atoms with Crippen molar-refractivity contribution in [1.82, 2.24) is 10.5 Å². The van der Waals surface area contributed by atoms with Crippen molar-refractivity contribution in [3.8, 4) is 17.2 Å². The Morgan fingerprint density at radius 3 is 2.71 bits per heavy atom. The van der Waals surface area contributed by atoms with Gasteiger partial charge in [0.15, 0.2) is 0 Å². The Morgan fingerprint density at radius 1 is 1.38 bits per heavy atom. The number of rotatable bonds is 6. The van der Waals surface area contributed by atoms with Gasteiger partial charge in [-0.05, 0) is 37.3 Å². The number of nitrogens with zero attached hydrogens (tertiary/aromatic N) is 2. The van der Waals surface area contributed by atoms with Crippen LogP contribution in [0.1, 0.15) is 43.2 Å². The fourth-order valence-corrected chi connectivity index (χ4v) is 2.92. The number of benzene rings is 1. The maximum atomic E-state index is 12.5. The highest BCUT2D eigenvalue weighted by molar-refractivity contribution is 5.84. The molecule has 2 rings (SSSR count). The number of nitriles is 1. The van der Waals surface area contributed by atoms with Crippen molar-refractivity contribution in [2.24, 2.45) is 5.92 Å². The van der Waals surface area contributed by atoms with Gasteiger partial charge in [0.05, 0.1) is 17.7 Å². The summed E-state index contributed by atoms with van der Waals surface area (Å²) in [5, 5.41) is 15.4. The van der Waals surface area contributed by atoms with Gasteiger partial charge in [0.1, 0.15) is 12.3 Å². The molecule has 2 aromatic rings. The van der Waals surface area contributed by atoms with Crippen LogP contribution < -0.4 is 5.32 Å². The average molecular weight is 325 g/mol. The van der Waals surface area contributed by atoms with Crippen LogP contribution >= 0.6 is 0 Å². The van der Waals surface area contributed by atoms with Crippen LogP contribution in [0.4, 0.5) is 0 Å². The molecule has 0 spiro atoms. The Hall–Kier alpha value is -2.61. The first-order chi connectivity index (χ1) is 11.4. The van der Waals surface area contributed by atoms with Gasteiger partial charge in [-0.3, -0.25) is 4.79 Å². The molecular weight excluding hydrogens is 302 g/mol. The molecule has 0 bridgehead atoms. The number of carbonyl (C=O) groups excluding carboxylic acids is 1. The van der Waals surface area contributed by atoms with Crippen LogP contribution in [0.3, 0.4) is 0 Å². The van der Waals surface area contributed by atoms with E-state index < -0.39 is 0 Å². The zero-order valence-electron chi connectivity index (χ0n) is 14.6. The summed E-state index contributed by atoms with van der Waals surface area (Å²) in [5.74, 6) is 0.740. The molecule has 0 radical (unpaired) electrons. The average Bonchev–Trinajstić information content (AvgIpc) is 2.89. The van der Waals surface area contributed by atoms with Gasteiger partial charge in [0.25, 0.3) is 0 Å². The van der Waals surface area contributed by atoms with Crippen molar-refractivity contribution in [3.05, 3.63) is 41.3 Å². The van der Waals surface area contributed by atoms with Gasteiger partial charge in [-0.15, -0.1) is 0 Å². The lowest BCUT2D eigenvalue weighted by molar-refractivity contribution is -0.122. The van der Waals surface area contributed by atoms with Crippen molar-refractivity contribution in [1.29, 1.82) is 5.26 Å². The van der Waals surface area contributed by atoms with Gasteiger partial charge < -0.3 is 9.84 Å². The first-order valence-corrected chi connectivity index (χ1v) is 8.12. The molecule has 0 aliphatic carbocycles. The van der Waals surface area contributed by atoms with Crippen molar-refractivity contribution in [2.75, 3.05) is 6.54 Å². The van der Waals surface area contributed by atoms with Gasteiger partial charge in [-0.1, -0.05) is 43.3 Å². The summed E-state index contributed by atoms with van der Waals surface area (Å²) < 4.78 is 5.25. The highest BCUT2D eigenvalue weighted by atomic mass is 16.5. The van der Waals surface area contributed by atoms with Gasteiger partial charge in [0.2, 0.25) is 5.91 Å². The number of aryl methyl sites for hydroxylation is 2. The predicted octanol–water partition coefficient (Wildman–Crippen LogP) is 3.73. The molecule has 1 atom stereocenters. The van der Waals surface area contributed by atoms with Crippen LogP contribution in [0.5, 0.6) is 0 Å². The molecule has 1 amide bonds. The standard InChI is InChI=1S/C19H23N3O2/c1-12(2)10-17(19(23)21-9-8-20)15-6-5-7-16(11-15)18-13(3)22-24-14(18)4/h5-7,11-12,17H,9-10H2,1-4H3,(H,21,23). The highest BCUT2D eigenvalue weighted by Crippen LogP contribution is 2.31. The lowest BCUT2D eigenvalue weighted by Gasteiger charge is -2.19. The molecular formula is C19H23N3O2. The highest BCUT2D eigenvalue weighted by Gasteiger charge is 2.22. The summed E-state index contributed by atoms with van der Waals surface area (Å²) in [6.07, 6.45) is 0.725. The first kappa shape index (κ1) is 17.7. The molecule has 1 unspecified atom stereocenters. The largest absolute Gasteiger partial charge is 0.361 e. The zero-order valence-corrected chi connectivity index (χ0v) is 14.6. The van der Waals surface area contributed by atoms with E-state index in [4.69, 9.17) is 9.78 Å². The number of amides is 1. The maximum absolute atomic E-state index is 12.5. The summed E-state index contributed by atoms with van der Waals surface area (Å²) in [5.41, 5.74) is 3.74. The molecule has 0 fully saturated rings. The molecule has 5 heteroatoms. The minimum atomic E-state index is -0.279. The van der Waals surface area contributed by atoms with E-state index in [1.807, 2.05) is 44.2 Å². The SMILES string of the molecule is Cc1noc(C)c1-c1cccc(C(CC(C)C)C(=O)NCC#N)c1. The number of hydrogen-bond acceptors (Lipinski definition) is 4. The van der Waals surface area contributed by atoms with E-state index in [0.29, 0.717) is 5.92 Å². The van der Waals surface area contributed by atoms with E-state index in [-0.39, 0.29) is 18.4 Å². The van der Waals surface area contributed by atoms with Gasteiger partial charge in [-0.25, -0.2) is 0 Å². The normalized spacial score (nSPS) is 12.0. The zero-order chi connectivity index (χ0) is 17.7. The summed E-state index contributed by atoms with van der Waals surface area (Å²) in [6, 6.07) is 9.87. The van der Waals surface area contributed by atoms with Crippen LogP contribution in [-0.4, -0.2) is 17.6 Å². The van der Waals surface area contributed by atoms with Crippen LogP contribution in [0.15, 0.2) is 28.8 Å². The number of nitrogens with one attached hydrogen (secondary N) is 1. The second kappa shape index (κ2) is 7.78. The quantitative estimate of drug-likeness (QED) is 0.821. The van der Waals surface area contributed by atoms with Crippen LogP contribution in [0, 0.1) is 31.1 Å². The number of aromatic nitrogens is 1. The fourth-order valence-electron chi connectivity index (χ4n) is 2.92. The van der Waals surface area contributed by atoms with E-state index in [2.05, 4.69) is 24.3 Å². The Balaban J connectivity index is 2.39. The minimum absolute atomic E-state index is 0.0248. The number of hydrogen-bond donors (Lipinski definition) is 1. The molecule has 0 saturated carbocycles. The van der Waals surface area contributed by atoms with Crippen molar-refractivity contribution in [3.63, 3.8) is 0 Å². The topological polar surface area (TPSA) is 78.9 Å². The summed E-state index contributed by atoms with van der Waals surface area (Å²) in [7, 11) is 0. The predicted molar refractivity (Wildman–Crippen MR) is 92.2 cm³/mol. The molecule has 24 heavy (non-hydrogen) atoms. The third-order valence-corrected chi connectivity index (χ3v) is 3.98. The van der Waals surface area contributed by atoms with E-state index in [1.165, 1.54) is 0 Å². The Kier molecular flexibility index (Phi) is 5.75. The molecule has 1 aromatic carbocycles. The van der Waals surface area contributed by atoms with Gasteiger partial charge in [0, 0.05) is 5.56 Å². The van der Waals surface area contributed by atoms with E-state index in [9.17, 15) is 4.79 Å². The van der Waals surface area contributed by atoms with Crippen LogP contribution in [0.25, 0.3) is 11.1 Å². The lowest BCUT2D eigenvalue weighted by atomic mass is 9.87. The second-order valence-electron chi connectivity index (χ2n) is 6.38. The Morgan fingerprint density at radius 2 is 2.12 bits per heavy atom. The Bertz CT molecular complexity index is 737. The smallest absolute Gasteiger partial charge is 0.228 e. The fraction of sp³-hybridized carbons (Fsp3) is 0.421. The summed E-state index contributed by atoms with van der Waals surface area (Å²) in [6.45, 7) is 7.99. The van der Waals surface area contributed by atoms with Crippen molar-refractivity contribution in [2.45, 2.75) is 40.0 Å². The summed E-state index contributed by atoms with van der Waals surface area (Å²) >= 11 is 0. The van der Waals surface area contributed by atoms with Gasteiger partial charge in [-0.2, -0.15) is 5.26 Å². The molecule has 0 aliphatic rings. The molecule has 5 nitrogen and oxygen atoms in total. The molecule has 1 heterocycles. The second-order valence-corrected chi connectivity index (χ2v) is 6.38. The van der Waals surface area contributed by atoms with E-state index >= 15 is 0 Å². The maximum Gasteiger partial charge on any atom is 0.228 e. The van der Waals surface area contributed by atoms with Crippen LogP contribution in [-0.2, 0) is 4.79 Å². The van der Waals surface area contributed by atoms with E-state index in [1.54, 1.807) is 0 Å². The van der Waals surface area contributed by atoms with Crippen molar-refractivity contribution < 1.29 is 9.32 Å². The summed E-state index contributed by atoms with van der Waals surface area (Å²) in [4.78, 5) is 12.5. The minimum Gasteiger partial charge on any atom is -0.361 e. The third kappa shape index (κ3) is 4.02. The molecule has 1 aromatic heterocycles. The lowest BCUT2D eigenvalue weighted by Crippen LogP contribution is -2.30. The molecule has 0 aliphatic heterocycles. The molecule has 126 valence electrons. The van der Waals surface area contributed by atoms with E-state index in [0.717, 1.165) is 34.6 Å². The van der Waals surface area contributed by atoms with Crippen molar-refractivity contribution >= 4 is 5.91 Å². The molecule has 0 saturated heterocycles. The Labute approximate surface area is 142 Å². The number of carbonyl (C=O) groups is 1. The molecule has 1 N–H and O–H groups in total. The van der Waals surface area contributed by atoms with Crippen LogP contribution in [0.2, 0.25) is 0 Å².